The summed E-state index contributed by atoms with van der Waals surface area (Å²) in [7, 11) is 1.43. The van der Waals surface area contributed by atoms with Crippen molar-refractivity contribution in [2.45, 2.75) is 0 Å². The van der Waals surface area contributed by atoms with Gasteiger partial charge in [0.2, 0.25) is 0 Å². The van der Waals surface area contributed by atoms with Gasteiger partial charge in [-0.2, -0.15) is 0 Å². The Morgan fingerprint density at radius 2 is 1.95 bits per heavy atom. The van der Waals surface area contributed by atoms with Crippen molar-refractivity contribution in [3.63, 3.8) is 0 Å². The van der Waals surface area contributed by atoms with Crippen molar-refractivity contribution in [2.24, 2.45) is 0 Å². The lowest BCUT2D eigenvalue weighted by Crippen LogP contribution is -2.01. The van der Waals surface area contributed by atoms with Gasteiger partial charge in [-0.15, -0.1) is 0 Å². The average molecular weight is 360 g/mol. The smallest absolute Gasteiger partial charge is 0.336 e. The van der Waals surface area contributed by atoms with E-state index in [2.05, 4.69) is 15.9 Å². The van der Waals surface area contributed by atoms with E-state index in [0.29, 0.717) is 10.2 Å². The molecule has 0 heterocycles. The summed E-state index contributed by atoms with van der Waals surface area (Å²) >= 11 is 8.94. The van der Waals surface area contributed by atoms with Crippen LogP contribution in [0.1, 0.15) is 10.4 Å². The third kappa shape index (κ3) is 2.64. The fourth-order valence-corrected chi connectivity index (χ4v) is 2.27. The highest BCUT2D eigenvalue weighted by atomic mass is 79.9. The number of hydrogen-bond acceptors (Lipinski definition) is 2. The molecule has 0 aliphatic carbocycles. The predicted octanol–water partition coefficient (Wildman–Crippen LogP) is 4.62. The molecule has 1 N–H and O–H groups in total. The number of methoxy groups -OCH3 is 1. The number of carboxylic acid groups (broad SMARTS) is 1. The second-order valence-electron chi connectivity index (χ2n) is 3.94. The molecule has 2 rings (SSSR count). The van der Waals surface area contributed by atoms with E-state index < -0.39 is 11.8 Å². The number of rotatable bonds is 3. The molecule has 2 aromatic carbocycles. The molecule has 0 aliphatic rings. The van der Waals surface area contributed by atoms with Crippen molar-refractivity contribution >= 4 is 33.5 Å². The van der Waals surface area contributed by atoms with Gasteiger partial charge < -0.3 is 9.84 Å². The predicted molar refractivity (Wildman–Crippen MR) is 78.1 cm³/mol. The monoisotopic (exact) mass is 358 g/mol. The van der Waals surface area contributed by atoms with E-state index in [1.54, 1.807) is 12.1 Å². The molecule has 0 atom stereocenters. The lowest BCUT2D eigenvalue weighted by Gasteiger charge is -2.11. The standard InChI is InChI=1S/C14H9BrClFO3/c1-20-7-2-3-8(10(6-7)14(18)19)9-4-5-11(15)12(16)13(9)17/h2-6H,1H3,(H,18,19). The van der Waals surface area contributed by atoms with Crippen molar-refractivity contribution in [2.75, 3.05) is 7.11 Å². The molecule has 0 spiro atoms. The zero-order valence-electron chi connectivity index (χ0n) is 10.3. The summed E-state index contributed by atoms with van der Waals surface area (Å²) in [5, 5.41) is 9.15. The first-order valence-electron chi connectivity index (χ1n) is 5.51. The molecule has 0 radical (unpaired) electrons. The van der Waals surface area contributed by atoms with E-state index in [1.165, 1.54) is 25.3 Å². The second-order valence-corrected chi connectivity index (χ2v) is 5.17. The van der Waals surface area contributed by atoms with Crippen LogP contribution in [0.2, 0.25) is 5.02 Å². The Bertz CT molecular complexity index is 688. The molecule has 3 nitrogen and oxygen atoms in total. The lowest BCUT2D eigenvalue weighted by molar-refractivity contribution is 0.0697. The highest BCUT2D eigenvalue weighted by Gasteiger charge is 2.18. The van der Waals surface area contributed by atoms with Crippen LogP contribution in [0.5, 0.6) is 5.75 Å². The van der Waals surface area contributed by atoms with Crippen molar-refractivity contribution < 1.29 is 19.0 Å². The zero-order chi connectivity index (χ0) is 14.9. The minimum atomic E-state index is -1.17. The molecule has 0 saturated carbocycles. The summed E-state index contributed by atoms with van der Waals surface area (Å²) in [4.78, 5) is 11.3. The van der Waals surface area contributed by atoms with Crippen LogP contribution in [-0.2, 0) is 0 Å². The van der Waals surface area contributed by atoms with Gasteiger partial charge >= 0.3 is 5.97 Å². The molecule has 2 aromatic rings. The Hall–Kier alpha value is -1.59. The van der Waals surface area contributed by atoms with Crippen LogP contribution < -0.4 is 4.74 Å². The third-order valence-corrected chi connectivity index (χ3v) is 4.04. The highest BCUT2D eigenvalue weighted by Crippen LogP contribution is 2.35. The summed E-state index contributed by atoms with van der Waals surface area (Å²) in [6.07, 6.45) is 0. The van der Waals surface area contributed by atoms with Gasteiger partial charge in [-0.1, -0.05) is 17.7 Å². The van der Waals surface area contributed by atoms with Crippen molar-refractivity contribution in [1.29, 1.82) is 0 Å². The van der Waals surface area contributed by atoms with E-state index in [1.807, 2.05) is 0 Å². The quantitative estimate of drug-likeness (QED) is 0.814. The molecular weight excluding hydrogens is 351 g/mol. The Balaban J connectivity index is 2.70. The molecule has 20 heavy (non-hydrogen) atoms. The minimum absolute atomic E-state index is 0.0540. The molecule has 0 unspecified atom stereocenters. The number of halogens is 3. The fraction of sp³-hybridized carbons (Fsp3) is 0.0714. The Morgan fingerprint density at radius 1 is 1.30 bits per heavy atom. The van der Waals surface area contributed by atoms with Crippen molar-refractivity contribution in [3.05, 3.63) is 51.2 Å². The maximum atomic E-state index is 14.2. The molecule has 0 bridgehead atoms. The van der Waals surface area contributed by atoms with Crippen LogP contribution in [0.4, 0.5) is 4.39 Å². The summed E-state index contributed by atoms with van der Waals surface area (Å²) in [6.45, 7) is 0. The first-order valence-corrected chi connectivity index (χ1v) is 6.68. The molecule has 0 amide bonds. The summed E-state index contributed by atoms with van der Waals surface area (Å²) < 4.78 is 19.6. The first kappa shape index (κ1) is 14.8. The van der Waals surface area contributed by atoms with Crippen LogP contribution in [-0.4, -0.2) is 18.2 Å². The minimum Gasteiger partial charge on any atom is -0.497 e. The van der Waals surface area contributed by atoms with E-state index in [0.717, 1.165) is 0 Å². The van der Waals surface area contributed by atoms with E-state index >= 15 is 0 Å². The second kappa shape index (κ2) is 5.81. The third-order valence-electron chi connectivity index (χ3n) is 2.78. The number of hydrogen-bond donors (Lipinski definition) is 1. The molecule has 0 aliphatic heterocycles. The van der Waals surface area contributed by atoms with Crippen molar-refractivity contribution in [1.82, 2.24) is 0 Å². The van der Waals surface area contributed by atoms with Gasteiger partial charge in [-0.3, -0.25) is 0 Å². The van der Waals surface area contributed by atoms with E-state index in [9.17, 15) is 14.3 Å². The normalized spacial score (nSPS) is 10.4. The number of carboxylic acids is 1. The molecule has 6 heteroatoms. The van der Waals surface area contributed by atoms with Gasteiger partial charge in [0.25, 0.3) is 0 Å². The largest absolute Gasteiger partial charge is 0.497 e. The van der Waals surface area contributed by atoms with Gasteiger partial charge in [-0.05, 0) is 45.8 Å². The van der Waals surface area contributed by atoms with Crippen LogP contribution in [0, 0.1) is 5.82 Å². The van der Waals surface area contributed by atoms with Gasteiger partial charge in [-0.25, -0.2) is 9.18 Å². The summed E-state index contributed by atoms with van der Waals surface area (Å²) in [5.41, 5.74) is 0.310. The zero-order valence-corrected chi connectivity index (χ0v) is 12.6. The number of ether oxygens (including phenoxy) is 1. The Labute approximate surface area is 128 Å². The number of aromatic carboxylic acids is 1. The van der Waals surface area contributed by atoms with Crippen LogP contribution in [0.3, 0.4) is 0 Å². The highest BCUT2D eigenvalue weighted by molar-refractivity contribution is 9.10. The summed E-state index contributed by atoms with van der Waals surface area (Å²) in [6, 6.07) is 7.44. The van der Waals surface area contributed by atoms with E-state index in [4.69, 9.17) is 16.3 Å². The maximum absolute atomic E-state index is 14.2. The van der Waals surface area contributed by atoms with Gasteiger partial charge in [0.1, 0.15) is 5.75 Å². The van der Waals surface area contributed by atoms with Crippen molar-refractivity contribution in [3.8, 4) is 16.9 Å². The molecule has 0 fully saturated rings. The molecule has 0 aromatic heterocycles. The Morgan fingerprint density at radius 3 is 2.55 bits per heavy atom. The van der Waals surface area contributed by atoms with Gasteiger partial charge in [0, 0.05) is 10.0 Å². The maximum Gasteiger partial charge on any atom is 0.336 e. The van der Waals surface area contributed by atoms with Gasteiger partial charge in [0.05, 0.1) is 17.7 Å². The lowest BCUT2D eigenvalue weighted by atomic mass is 9.99. The number of benzene rings is 2. The first-order chi connectivity index (χ1) is 9.45. The molecular formula is C14H9BrClFO3. The van der Waals surface area contributed by atoms with Crippen LogP contribution in [0.15, 0.2) is 34.8 Å². The topological polar surface area (TPSA) is 46.5 Å². The van der Waals surface area contributed by atoms with E-state index in [-0.39, 0.29) is 21.7 Å². The average Bonchev–Trinajstić information content (AvgIpc) is 2.44. The fourth-order valence-electron chi connectivity index (χ4n) is 1.80. The van der Waals surface area contributed by atoms with Gasteiger partial charge in [0.15, 0.2) is 5.82 Å². The molecule has 0 saturated heterocycles. The molecule has 104 valence electrons. The number of carbonyl (C=O) groups is 1. The van der Waals surface area contributed by atoms with Crippen LogP contribution >= 0.6 is 27.5 Å². The SMILES string of the molecule is COc1ccc(-c2ccc(Br)c(Cl)c2F)c(C(=O)O)c1. The summed E-state index contributed by atoms with van der Waals surface area (Å²) in [5.74, 6) is -1.46. The Kier molecular flexibility index (Phi) is 4.30. The van der Waals surface area contributed by atoms with Crippen LogP contribution in [0.25, 0.3) is 11.1 Å².